The van der Waals surface area contributed by atoms with Crippen LogP contribution in [-0.4, -0.2) is 16.7 Å². The summed E-state index contributed by atoms with van der Waals surface area (Å²) in [6.45, 7) is 7.06. The van der Waals surface area contributed by atoms with Crippen molar-refractivity contribution in [1.29, 1.82) is 0 Å². The molecule has 0 aliphatic carbocycles. The molecule has 1 N–H and O–H groups in total. The third-order valence-electron chi connectivity index (χ3n) is 2.06. The molecule has 0 bridgehead atoms. The number of hydrogen-bond acceptors (Lipinski definition) is 4. The Kier molecular flexibility index (Phi) is 2.66. The number of nitrogens with zero attached hydrogens (tertiary/aromatic N) is 1. The number of rotatable bonds is 1. The number of hydrogen-bond donors (Lipinski definition) is 1. The predicted octanol–water partition coefficient (Wildman–Crippen LogP) is 3.48. The lowest BCUT2D eigenvalue weighted by atomic mass is 10.2. The molecule has 0 radical (unpaired) electrons. The number of fused-ring (bicyclic) bond motifs is 1. The Bertz CT molecular complexity index is 629. The molecule has 0 unspecified atom stereocenters. The summed E-state index contributed by atoms with van der Waals surface area (Å²) in [5.41, 5.74) is 0.839. The van der Waals surface area contributed by atoms with Crippen molar-refractivity contribution in [3.63, 3.8) is 0 Å². The van der Waals surface area contributed by atoms with Gasteiger partial charge in [-0.05, 0) is 38.9 Å². The van der Waals surface area contributed by atoms with Crippen molar-refractivity contribution in [3.05, 3.63) is 24.1 Å². The van der Waals surface area contributed by atoms with Gasteiger partial charge in [0.05, 0.1) is 1.37 Å². The minimum Gasteiger partial charge on any atom is -0.444 e. The van der Waals surface area contributed by atoms with Crippen molar-refractivity contribution >= 4 is 22.9 Å². The minimum atomic E-state index is -0.567. The summed E-state index contributed by atoms with van der Waals surface area (Å²) < 4.78 is 18.3. The first-order valence-corrected chi connectivity index (χ1v) is 5.62. The maximum atomic E-state index is 11.6. The fourth-order valence-electron chi connectivity index (χ4n) is 1.47. The second-order valence-electron chi connectivity index (χ2n) is 4.96. The number of benzene rings is 1. The number of nitrogens with one attached hydrogen (secondary N) is 1. The Hall–Kier alpha value is -2.04. The number of aryl methyl sites for hydroxylation is 1. The zero-order valence-electron chi connectivity index (χ0n) is 11.8. The van der Waals surface area contributed by atoms with E-state index in [-0.39, 0.29) is 6.04 Å². The van der Waals surface area contributed by atoms with Crippen LogP contribution < -0.4 is 5.32 Å². The van der Waals surface area contributed by atoms with E-state index < -0.39 is 11.7 Å². The van der Waals surface area contributed by atoms with Gasteiger partial charge in [0.15, 0.2) is 11.5 Å². The van der Waals surface area contributed by atoms with Gasteiger partial charge in [-0.2, -0.15) is 0 Å². The predicted molar refractivity (Wildman–Crippen MR) is 68.6 cm³/mol. The van der Waals surface area contributed by atoms with Crippen molar-refractivity contribution in [2.75, 3.05) is 5.32 Å². The first kappa shape index (κ1) is 11.1. The van der Waals surface area contributed by atoms with Crippen LogP contribution in [0.3, 0.4) is 0 Å². The van der Waals surface area contributed by atoms with Gasteiger partial charge < -0.3 is 9.15 Å². The number of aromatic nitrogens is 1. The Morgan fingerprint density at radius 2 is 2.28 bits per heavy atom. The summed E-state index contributed by atoms with van der Waals surface area (Å²) >= 11 is 0. The van der Waals surface area contributed by atoms with Gasteiger partial charge in [-0.25, -0.2) is 9.78 Å². The van der Waals surface area contributed by atoms with Crippen LogP contribution >= 0.6 is 0 Å². The number of amides is 1. The molecule has 2 aromatic rings. The third kappa shape index (κ3) is 3.00. The highest BCUT2D eigenvalue weighted by Crippen LogP contribution is 2.20. The molecule has 5 nitrogen and oxygen atoms in total. The van der Waals surface area contributed by atoms with Crippen molar-refractivity contribution in [2.45, 2.75) is 33.3 Å². The Balaban J connectivity index is 2.24. The second-order valence-corrected chi connectivity index (χ2v) is 4.96. The smallest absolute Gasteiger partial charge is 0.412 e. The zero-order valence-corrected chi connectivity index (χ0v) is 10.8. The lowest BCUT2D eigenvalue weighted by Gasteiger charge is -2.19. The van der Waals surface area contributed by atoms with E-state index in [4.69, 9.17) is 10.5 Å². The molecular formula is C13H16N2O3. The summed E-state index contributed by atoms with van der Waals surface area (Å²) in [6.07, 6.45) is -0.563. The van der Waals surface area contributed by atoms with Crippen LogP contribution in [0.5, 0.6) is 0 Å². The lowest BCUT2D eigenvalue weighted by Crippen LogP contribution is -2.27. The molecule has 1 amide bonds. The average Bonchev–Trinajstić information content (AvgIpc) is 2.55. The highest BCUT2D eigenvalue weighted by atomic mass is 16.6. The van der Waals surface area contributed by atoms with Crippen LogP contribution in [-0.2, 0) is 4.74 Å². The van der Waals surface area contributed by atoms with Gasteiger partial charge in [0.2, 0.25) is 0 Å². The molecule has 0 aliphatic heterocycles. The van der Waals surface area contributed by atoms with E-state index in [2.05, 4.69) is 10.3 Å². The third-order valence-corrected chi connectivity index (χ3v) is 2.06. The highest BCUT2D eigenvalue weighted by molar-refractivity contribution is 5.88. The molecule has 0 atom stereocenters. The van der Waals surface area contributed by atoms with Gasteiger partial charge >= 0.3 is 6.09 Å². The first-order chi connectivity index (χ1) is 8.74. The fraction of sp³-hybridized carbons (Fsp3) is 0.385. The van der Waals surface area contributed by atoms with Crippen LogP contribution in [0, 0.1) is 6.92 Å². The molecule has 1 aromatic carbocycles. The molecule has 5 heteroatoms. The monoisotopic (exact) mass is 250 g/mol. The summed E-state index contributed by atoms with van der Waals surface area (Å²) in [4.78, 5) is 15.8. The number of oxazole rings is 1. The normalized spacial score (nSPS) is 12.3. The van der Waals surface area contributed by atoms with E-state index >= 15 is 0 Å². The number of ether oxygens (including phenoxy) is 1. The van der Waals surface area contributed by atoms with E-state index in [0.717, 1.165) is 0 Å². The maximum absolute atomic E-state index is 11.6. The molecule has 1 aromatic heterocycles. The molecular weight excluding hydrogens is 232 g/mol. The van der Waals surface area contributed by atoms with Gasteiger partial charge in [-0.1, -0.05) is 0 Å². The van der Waals surface area contributed by atoms with Crippen molar-refractivity contribution in [2.24, 2.45) is 0 Å². The molecule has 18 heavy (non-hydrogen) atoms. The average molecular weight is 250 g/mol. The summed E-state index contributed by atoms with van der Waals surface area (Å²) in [5, 5.41) is 2.58. The maximum Gasteiger partial charge on any atom is 0.412 e. The van der Waals surface area contributed by atoms with E-state index in [0.29, 0.717) is 22.7 Å². The molecule has 0 saturated carbocycles. The molecule has 0 spiro atoms. The quantitative estimate of drug-likeness (QED) is 0.841. The number of carbonyl (C=O) groups excluding carboxylic acids is 1. The first-order valence-electron chi connectivity index (χ1n) is 6.12. The van der Waals surface area contributed by atoms with Crippen molar-refractivity contribution < 1.29 is 15.3 Å². The van der Waals surface area contributed by atoms with E-state index in [1.54, 1.807) is 33.8 Å². The van der Waals surface area contributed by atoms with Crippen LogP contribution in [0.15, 0.2) is 22.6 Å². The Morgan fingerprint density at radius 3 is 2.94 bits per heavy atom. The summed E-state index contributed by atoms with van der Waals surface area (Å²) in [5.74, 6) is 0.484. The van der Waals surface area contributed by atoms with Crippen molar-refractivity contribution in [3.8, 4) is 0 Å². The molecule has 96 valence electrons. The Labute approximate surface area is 107 Å². The SMILES string of the molecule is [3H]c1cc(NC(=O)OC(C)(C)C)cc2nc(C)oc12. The standard InChI is InChI=1S/C13H16N2O3/c1-8-14-10-7-9(5-6-11(10)17-8)15-12(16)18-13(2,3)4/h5-7H,1-4H3,(H,15,16)/i6T. The van der Waals surface area contributed by atoms with Gasteiger partial charge in [-0.3, -0.25) is 5.32 Å². The second kappa shape index (κ2) is 4.33. The van der Waals surface area contributed by atoms with Crippen molar-refractivity contribution in [1.82, 2.24) is 4.98 Å². The van der Waals surface area contributed by atoms with Gasteiger partial charge in [0.1, 0.15) is 11.1 Å². The molecule has 1 heterocycles. The van der Waals surface area contributed by atoms with Crippen LogP contribution in [0.2, 0.25) is 0 Å². The number of anilines is 1. The van der Waals surface area contributed by atoms with E-state index in [9.17, 15) is 4.79 Å². The van der Waals surface area contributed by atoms with Gasteiger partial charge in [-0.15, -0.1) is 0 Å². The summed E-state index contributed by atoms with van der Waals surface area (Å²) in [7, 11) is 0. The van der Waals surface area contributed by atoms with Crippen LogP contribution in [0.1, 0.15) is 28.0 Å². The summed E-state index contributed by atoms with van der Waals surface area (Å²) in [6, 6.07) is 3.31. The minimum absolute atomic E-state index is 0.171. The Morgan fingerprint density at radius 1 is 1.56 bits per heavy atom. The van der Waals surface area contributed by atoms with Crippen LogP contribution in [0.25, 0.3) is 11.1 Å². The molecule has 0 fully saturated rings. The lowest BCUT2D eigenvalue weighted by molar-refractivity contribution is 0.0636. The van der Waals surface area contributed by atoms with Crippen LogP contribution in [0.4, 0.5) is 10.5 Å². The largest absolute Gasteiger partial charge is 0.444 e. The molecule has 2 rings (SSSR count). The van der Waals surface area contributed by atoms with E-state index in [1.807, 2.05) is 0 Å². The van der Waals surface area contributed by atoms with Gasteiger partial charge in [0.25, 0.3) is 0 Å². The fourth-order valence-corrected chi connectivity index (χ4v) is 1.47. The molecule has 0 aliphatic rings. The topological polar surface area (TPSA) is 64.4 Å². The van der Waals surface area contributed by atoms with E-state index in [1.165, 1.54) is 6.07 Å². The number of carbonyl (C=O) groups is 1. The highest BCUT2D eigenvalue weighted by Gasteiger charge is 2.16. The molecule has 0 saturated heterocycles. The zero-order chi connectivity index (χ0) is 14.2. The van der Waals surface area contributed by atoms with Gasteiger partial charge in [0, 0.05) is 12.6 Å².